The fraction of sp³-hybridized carbons (Fsp3) is 0.667. The average Bonchev–Trinajstić information content (AvgIpc) is 2.93. The molecule has 114 valence electrons. The van der Waals surface area contributed by atoms with E-state index in [0.29, 0.717) is 0 Å². The predicted molar refractivity (Wildman–Crippen MR) is 86.2 cm³/mol. The molecule has 4 nitrogen and oxygen atoms in total. The van der Waals surface area contributed by atoms with Crippen LogP contribution in [0.15, 0.2) is 18.3 Å². The van der Waals surface area contributed by atoms with E-state index in [4.69, 9.17) is 9.31 Å². The summed E-state index contributed by atoms with van der Waals surface area (Å²) in [5.74, 6) is 0. The third kappa shape index (κ3) is 2.60. The molecule has 0 aliphatic carbocycles. The van der Waals surface area contributed by atoms with Crippen molar-refractivity contribution in [2.75, 3.05) is 12.3 Å². The highest BCUT2D eigenvalue weighted by molar-refractivity contribution is 7.71. The van der Waals surface area contributed by atoms with E-state index in [0.717, 1.165) is 36.1 Å². The SMILES string of the molecule is CC1(C)OB(c2ccc(P3(=O)CCCC3)nc2)OC1(C)C. The molecule has 3 rings (SSSR count). The van der Waals surface area contributed by atoms with Crippen molar-refractivity contribution in [2.24, 2.45) is 0 Å². The van der Waals surface area contributed by atoms with Gasteiger partial charge < -0.3 is 13.9 Å². The van der Waals surface area contributed by atoms with Gasteiger partial charge in [-0.25, -0.2) is 0 Å². The minimum atomic E-state index is -2.22. The van der Waals surface area contributed by atoms with E-state index in [-0.39, 0.29) is 11.2 Å². The zero-order chi connectivity index (χ0) is 15.3. The Labute approximate surface area is 127 Å². The quantitative estimate of drug-likeness (QED) is 0.620. The van der Waals surface area contributed by atoms with E-state index in [2.05, 4.69) is 4.98 Å². The molecule has 1 aromatic heterocycles. The Kier molecular flexibility index (Phi) is 3.59. The lowest BCUT2D eigenvalue weighted by Crippen LogP contribution is -2.41. The maximum Gasteiger partial charge on any atom is 0.496 e. The molecule has 0 amide bonds. The molecule has 21 heavy (non-hydrogen) atoms. The second-order valence-electron chi connectivity index (χ2n) is 7.08. The van der Waals surface area contributed by atoms with Crippen molar-refractivity contribution in [1.29, 1.82) is 0 Å². The Morgan fingerprint density at radius 2 is 1.67 bits per heavy atom. The van der Waals surface area contributed by atoms with E-state index in [1.165, 1.54) is 0 Å². The maximum atomic E-state index is 12.7. The Bertz CT molecular complexity index is 559. The molecule has 6 heteroatoms. The summed E-state index contributed by atoms with van der Waals surface area (Å²) in [6.45, 7) is 8.13. The monoisotopic (exact) mass is 307 g/mol. The molecule has 2 aliphatic rings. The fourth-order valence-electron chi connectivity index (χ4n) is 2.83. The highest BCUT2D eigenvalue weighted by Gasteiger charge is 2.51. The molecular formula is C15H23BNO3P. The smallest absolute Gasteiger partial charge is 0.399 e. The van der Waals surface area contributed by atoms with Crippen LogP contribution in [0.25, 0.3) is 0 Å². The van der Waals surface area contributed by atoms with Gasteiger partial charge in [0.25, 0.3) is 0 Å². The number of hydrogen-bond donors (Lipinski definition) is 0. The number of nitrogens with zero attached hydrogens (tertiary/aromatic N) is 1. The average molecular weight is 307 g/mol. The van der Waals surface area contributed by atoms with Crippen LogP contribution in [0.3, 0.4) is 0 Å². The van der Waals surface area contributed by atoms with Crippen molar-refractivity contribution < 1.29 is 13.9 Å². The Hall–Kier alpha value is -0.635. The van der Waals surface area contributed by atoms with Crippen LogP contribution in [0.5, 0.6) is 0 Å². The third-order valence-electron chi connectivity index (χ3n) is 5.00. The van der Waals surface area contributed by atoms with Gasteiger partial charge in [-0.2, -0.15) is 0 Å². The molecule has 0 unspecified atom stereocenters. The second-order valence-corrected chi connectivity index (χ2v) is 10.2. The van der Waals surface area contributed by atoms with Gasteiger partial charge in [-0.15, -0.1) is 0 Å². The second kappa shape index (κ2) is 4.94. The van der Waals surface area contributed by atoms with Gasteiger partial charge in [-0.3, -0.25) is 4.98 Å². The molecule has 0 N–H and O–H groups in total. The Balaban J connectivity index is 1.81. The van der Waals surface area contributed by atoms with Crippen LogP contribution in [0, 0.1) is 0 Å². The zero-order valence-electron chi connectivity index (χ0n) is 13.3. The first-order valence-corrected chi connectivity index (χ1v) is 9.72. The summed E-state index contributed by atoms with van der Waals surface area (Å²) in [6.07, 6.45) is 5.47. The minimum Gasteiger partial charge on any atom is -0.399 e. The number of rotatable bonds is 2. The molecule has 2 aliphatic heterocycles. The molecule has 0 spiro atoms. The summed E-state index contributed by atoms with van der Waals surface area (Å²) in [5, 5.41) is 0. The molecule has 0 atom stereocenters. The number of pyridine rings is 1. The summed E-state index contributed by atoms with van der Waals surface area (Å²) in [6, 6.07) is 3.84. The van der Waals surface area contributed by atoms with Crippen LogP contribution < -0.4 is 10.9 Å². The van der Waals surface area contributed by atoms with E-state index >= 15 is 0 Å². The van der Waals surface area contributed by atoms with E-state index in [1.807, 2.05) is 39.8 Å². The van der Waals surface area contributed by atoms with Crippen molar-refractivity contribution in [2.45, 2.75) is 51.7 Å². The van der Waals surface area contributed by atoms with Crippen LogP contribution in [0.4, 0.5) is 0 Å². The predicted octanol–water partition coefficient (Wildman–Crippen LogP) is 2.16. The van der Waals surface area contributed by atoms with Gasteiger partial charge in [-0.05, 0) is 46.6 Å². The molecule has 3 heterocycles. The van der Waals surface area contributed by atoms with Gasteiger partial charge in [0.15, 0.2) is 0 Å². The van der Waals surface area contributed by atoms with Crippen LogP contribution in [-0.2, 0) is 13.9 Å². The van der Waals surface area contributed by atoms with Crippen molar-refractivity contribution in [3.63, 3.8) is 0 Å². The molecular weight excluding hydrogens is 284 g/mol. The molecule has 0 radical (unpaired) electrons. The molecule has 0 saturated carbocycles. The lowest BCUT2D eigenvalue weighted by Gasteiger charge is -2.32. The number of hydrogen-bond acceptors (Lipinski definition) is 4. The molecule has 2 saturated heterocycles. The zero-order valence-corrected chi connectivity index (χ0v) is 14.2. The first-order chi connectivity index (χ1) is 9.74. The first kappa shape index (κ1) is 15.3. The lowest BCUT2D eigenvalue weighted by atomic mass is 9.80. The van der Waals surface area contributed by atoms with Crippen molar-refractivity contribution in [3.05, 3.63) is 18.3 Å². The van der Waals surface area contributed by atoms with Crippen molar-refractivity contribution in [3.8, 4) is 0 Å². The summed E-state index contributed by atoms with van der Waals surface area (Å²) in [7, 11) is -2.62. The highest BCUT2D eigenvalue weighted by Crippen LogP contribution is 2.50. The minimum absolute atomic E-state index is 0.353. The van der Waals surface area contributed by atoms with Crippen LogP contribution in [0.1, 0.15) is 40.5 Å². The maximum absolute atomic E-state index is 12.7. The Morgan fingerprint density at radius 1 is 1.10 bits per heavy atom. The van der Waals surface area contributed by atoms with Gasteiger partial charge in [0, 0.05) is 24.0 Å². The van der Waals surface area contributed by atoms with Gasteiger partial charge >= 0.3 is 7.12 Å². The fourth-order valence-corrected chi connectivity index (χ4v) is 5.60. The summed E-state index contributed by atoms with van der Waals surface area (Å²) in [5.41, 5.74) is 0.951. The van der Waals surface area contributed by atoms with Crippen LogP contribution >= 0.6 is 7.14 Å². The molecule has 0 bridgehead atoms. The first-order valence-electron chi connectivity index (χ1n) is 7.64. The third-order valence-corrected chi connectivity index (χ3v) is 8.18. The van der Waals surface area contributed by atoms with Gasteiger partial charge in [0.2, 0.25) is 0 Å². The lowest BCUT2D eigenvalue weighted by molar-refractivity contribution is 0.00578. The van der Waals surface area contributed by atoms with E-state index in [1.54, 1.807) is 6.20 Å². The molecule has 1 aromatic rings. The summed E-state index contributed by atoms with van der Waals surface area (Å²) >= 11 is 0. The highest BCUT2D eigenvalue weighted by atomic mass is 31.2. The van der Waals surface area contributed by atoms with E-state index < -0.39 is 14.3 Å². The standard InChI is InChI=1S/C15H23BNO3P/c1-14(2)15(3,4)20-16(19-14)12-7-8-13(17-11-12)21(18)9-5-6-10-21/h7-8,11H,5-6,9-10H2,1-4H3. The topological polar surface area (TPSA) is 48.4 Å². The van der Waals surface area contributed by atoms with Gasteiger partial charge in [0.1, 0.15) is 7.14 Å². The molecule has 2 fully saturated rings. The molecule has 0 aromatic carbocycles. The van der Waals surface area contributed by atoms with Crippen LogP contribution in [-0.4, -0.2) is 35.6 Å². The Morgan fingerprint density at radius 3 is 2.14 bits per heavy atom. The van der Waals surface area contributed by atoms with Gasteiger partial charge in [-0.1, -0.05) is 6.07 Å². The summed E-state index contributed by atoms with van der Waals surface area (Å²) < 4.78 is 24.7. The normalized spacial score (nSPS) is 26.2. The largest absolute Gasteiger partial charge is 0.496 e. The van der Waals surface area contributed by atoms with E-state index in [9.17, 15) is 4.57 Å². The summed E-state index contributed by atoms with van der Waals surface area (Å²) in [4.78, 5) is 4.45. The van der Waals surface area contributed by atoms with Gasteiger partial charge in [0.05, 0.1) is 16.6 Å². The van der Waals surface area contributed by atoms with Crippen LogP contribution in [0.2, 0.25) is 0 Å². The number of aromatic nitrogens is 1. The van der Waals surface area contributed by atoms with Crippen molar-refractivity contribution >= 4 is 25.2 Å². The van der Waals surface area contributed by atoms with Crippen molar-refractivity contribution in [1.82, 2.24) is 4.98 Å².